The number of fused-ring (bicyclic) bond motifs is 1. The monoisotopic (exact) mass is 380 g/mol. The predicted molar refractivity (Wildman–Crippen MR) is 112 cm³/mol. The van der Waals surface area contributed by atoms with E-state index in [2.05, 4.69) is 13.8 Å². The van der Waals surface area contributed by atoms with E-state index in [1.807, 2.05) is 27.7 Å². The van der Waals surface area contributed by atoms with Crippen LogP contribution in [0.25, 0.3) is 0 Å². The van der Waals surface area contributed by atoms with Gasteiger partial charge in [0.2, 0.25) is 0 Å². The summed E-state index contributed by atoms with van der Waals surface area (Å²) in [4.78, 5) is 12.6. The number of Topliss-reactive ketones (excluding diaryl/α,β-unsaturated/α-hetero) is 1. The van der Waals surface area contributed by atoms with Gasteiger partial charge in [0.1, 0.15) is 5.78 Å². The Labute approximate surface area is 167 Å². The first kappa shape index (κ1) is 22.9. The summed E-state index contributed by atoms with van der Waals surface area (Å²) >= 11 is 0. The Balaban J connectivity index is 2.16. The number of hydrogen-bond donors (Lipinski definition) is 2. The van der Waals surface area contributed by atoms with E-state index < -0.39 is 11.2 Å². The van der Waals surface area contributed by atoms with Crippen molar-refractivity contribution in [1.82, 2.24) is 0 Å². The lowest BCUT2D eigenvalue weighted by atomic mass is 9.56. The van der Waals surface area contributed by atoms with Gasteiger partial charge in [-0.05, 0) is 95.8 Å². The van der Waals surface area contributed by atoms with Crippen molar-refractivity contribution in [2.24, 2.45) is 22.7 Å². The summed E-state index contributed by atoms with van der Waals surface area (Å²) < 4.78 is 0. The van der Waals surface area contributed by atoms with Gasteiger partial charge in [-0.2, -0.15) is 0 Å². The molecule has 27 heavy (non-hydrogen) atoms. The molecule has 2 aliphatic rings. The van der Waals surface area contributed by atoms with Crippen molar-refractivity contribution in [2.75, 3.05) is 0 Å². The molecule has 0 aliphatic heterocycles. The van der Waals surface area contributed by atoms with Crippen molar-refractivity contribution >= 4 is 5.78 Å². The molecule has 0 aromatic heterocycles. The van der Waals surface area contributed by atoms with E-state index in [1.54, 1.807) is 0 Å². The maximum Gasteiger partial charge on any atom is 0.136 e. The first-order chi connectivity index (χ1) is 12.3. The highest BCUT2D eigenvalue weighted by Gasteiger charge is 2.56. The van der Waals surface area contributed by atoms with E-state index in [0.717, 1.165) is 64.2 Å². The minimum atomic E-state index is -0.614. The van der Waals surface area contributed by atoms with Crippen LogP contribution in [0.1, 0.15) is 112 Å². The van der Waals surface area contributed by atoms with Gasteiger partial charge in [0.15, 0.2) is 0 Å². The Morgan fingerprint density at radius 1 is 0.926 bits per heavy atom. The Kier molecular flexibility index (Phi) is 6.90. The van der Waals surface area contributed by atoms with Crippen LogP contribution in [-0.4, -0.2) is 27.2 Å². The second-order valence-electron chi connectivity index (χ2n) is 11.5. The van der Waals surface area contributed by atoms with Gasteiger partial charge < -0.3 is 10.2 Å². The van der Waals surface area contributed by atoms with Crippen molar-refractivity contribution in [2.45, 2.75) is 123 Å². The van der Waals surface area contributed by atoms with Crippen LogP contribution in [-0.2, 0) is 4.79 Å². The zero-order chi connectivity index (χ0) is 20.5. The topological polar surface area (TPSA) is 57.5 Å². The summed E-state index contributed by atoms with van der Waals surface area (Å²) in [5, 5.41) is 20.3. The smallest absolute Gasteiger partial charge is 0.136 e. The summed E-state index contributed by atoms with van der Waals surface area (Å²) in [6.07, 6.45) is 11.1. The molecule has 0 spiro atoms. The highest BCUT2D eigenvalue weighted by Crippen LogP contribution is 2.61. The SMILES string of the molecule is CC(C)(O)CCCC(C)(CCCC(C)(C)O)C1CCC2C(=O)CCC[C@@]21C. The molecule has 2 rings (SSSR count). The van der Waals surface area contributed by atoms with E-state index in [1.165, 1.54) is 6.42 Å². The van der Waals surface area contributed by atoms with Gasteiger partial charge in [0.05, 0.1) is 11.2 Å². The summed E-state index contributed by atoms with van der Waals surface area (Å²) in [6.45, 7) is 12.4. The maximum absolute atomic E-state index is 12.6. The van der Waals surface area contributed by atoms with Gasteiger partial charge in [-0.3, -0.25) is 4.79 Å². The minimum Gasteiger partial charge on any atom is -0.390 e. The van der Waals surface area contributed by atoms with E-state index in [4.69, 9.17) is 0 Å². The Bertz CT molecular complexity index is 491. The molecule has 0 radical (unpaired) electrons. The van der Waals surface area contributed by atoms with Crippen LogP contribution in [0.3, 0.4) is 0 Å². The molecule has 0 aromatic carbocycles. The summed E-state index contributed by atoms with van der Waals surface area (Å²) in [5.74, 6) is 1.34. The lowest BCUT2D eigenvalue weighted by Crippen LogP contribution is -2.43. The molecule has 0 aromatic rings. The fourth-order valence-electron chi connectivity index (χ4n) is 6.40. The summed E-state index contributed by atoms with van der Waals surface area (Å²) in [6, 6.07) is 0. The van der Waals surface area contributed by atoms with Crippen LogP contribution in [0, 0.1) is 22.7 Å². The predicted octanol–water partition coefficient (Wildman–Crippen LogP) is 5.66. The Morgan fingerprint density at radius 3 is 1.93 bits per heavy atom. The van der Waals surface area contributed by atoms with Crippen molar-refractivity contribution in [3.8, 4) is 0 Å². The third-order valence-corrected chi connectivity index (χ3v) is 7.78. The third kappa shape index (κ3) is 5.79. The largest absolute Gasteiger partial charge is 0.390 e. The van der Waals surface area contributed by atoms with E-state index >= 15 is 0 Å². The number of ketones is 1. The maximum atomic E-state index is 12.6. The molecule has 0 amide bonds. The van der Waals surface area contributed by atoms with Gasteiger partial charge in [-0.25, -0.2) is 0 Å². The highest BCUT2D eigenvalue weighted by atomic mass is 16.3. The third-order valence-electron chi connectivity index (χ3n) is 7.78. The normalized spacial score (nSPS) is 29.9. The van der Waals surface area contributed by atoms with Crippen molar-refractivity contribution in [3.63, 3.8) is 0 Å². The molecule has 3 atom stereocenters. The van der Waals surface area contributed by atoms with Crippen LogP contribution < -0.4 is 0 Å². The molecule has 0 heterocycles. The first-order valence-corrected chi connectivity index (χ1v) is 11.2. The van der Waals surface area contributed by atoms with Crippen LogP contribution in [0.2, 0.25) is 0 Å². The average molecular weight is 381 g/mol. The number of rotatable bonds is 9. The zero-order valence-electron chi connectivity index (χ0n) is 18.7. The number of aliphatic hydroxyl groups is 2. The van der Waals surface area contributed by atoms with E-state index in [9.17, 15) is 15.0 Å². The molecule has 0 bridgehead atoms. The van der Waals surface area contributed by atoms with Crippen LogP contribution in [0.4, 0.5) is 0 Å². The van der Waals surface area contributed by atoms with Crippen LogP contribution >= 0.6 is 0 Å². The molecule has 2 saturated carbocycles. The second-order valence-corrected chi connectivity index (χ2v) is 11.5. The van der Waals surface area contributed by atoms with Crippen LogP contribution in [0.15, 0.2) is 0 Å². The lowest BCUT2D eigenvalue weighted by molar-refractivity contribution is -0.131. The van der Waals surface area contributed by atoms with Gasteiger partial charge in [-0.1, -0.05) is 26.7 Å². The average Bonchev–Trinajstić information content (AvgIpc) is 2.83. The van der Waals surface area contributed by atoms with Gasteiger partial charge >= 0.3 is 0 Å². The van der Waals surface area contributed by atoms with Gasteiger partial charge in [0, 0.05) is 12.3 Å². The van der Waals surface area contributed by atoms with Crippen molar-refractivity contribution in [3.05, 3.63) is 0 Å². The molecule has 2 N–H and O–H groups in total. The summed E-state index contributed by atoms with van der Waals surface area (Å²) in [7, 11) is 0. The quantitative estimate of drug-likeness (QED) is 0.542. The van der Waals surface area contributed by atoms with Gasteiger partial charge in [0.25, 0.3) is 0 Å². The number of hydrogen-bond acceptors (Lipinski definition) is 3. The lowest BCUT2D eigenvalue weighted by Gasteiger charge is -2.49. The Morgan fingerprint density at radius 2 is 1.44 bits per heavy atom. The Hall–Kier alpha value is -0.410. The number of carbonyl (C=O) groups is 1. The molecule has 3 heteroatoms. The number of carbonyl (C=O) groups excluding carboxylic acids is 1. The molecule has 158 valence electrons. The van der Waals surface area contributed by atoms with Gasteiger partial charge in [-0.15, -0.1) is 0 Å². The molecule has 3 nitrogen and oxygen atoms in total. The first-order valence-electron chi connectivity index (χ1n) is 11.2. The van der Waals surface area contributed by atoms with Crippen molar-refractivity contribution in [1.29, 1.82) is 0 Å². The standard InChI is InChI=1S/C24H44O3/c1-21(2,26)13-8-15-23(5,16-9-14-22(3,4)27)20-12-11-18-19(25)10-7-17-24(18,20)6/h18,20,26-27H,7-17H2,1-6H3/t18?,20?,24-/m0/s1. The second kappa shape index (κ2) is 8.14. The molecule has 2 aliphatic carbocycles. The fourth-order valence-corrected chi connectivity index (χ4v) is 6.40. The zero-order valence-corrected chi connectivity index (χ0v) is 18.7. The minimum absolute atomic E-state index is 0.146. The fraction of sp³-hybridized carbons (Fsp3) is 0.958. The molecule has 2 fully saturated rings. The molecule has 2 unspecified atom stereocenters. The van der Waals surface area contributed by atoms with E-state index in [-0.39, 0.29) is 16.7 Å². The van der Waals surface area contributed by atoms with Crippen LogP contribution in [0.5, 0.6) is 0 Å². The molecular formula is C24H44O3. The van der Waals surface area contributed by atoms with Crippen molar-refractivity contribution < 1.29 is 15.0 Å². The highest BCUT2D eigenvalue weighted by molar-refractivity contribution is 5.83. The summed E-state index contributed by atoms with van der Waals surface area (Å²) in [5.41, 5.74) is -0.904. The van der Waals surface area contributed by atoms with E-state index in [0.29, 0.717) is 11.7 Å². The molecular weight excluding hydrogens is 336 g/mol. The molecule has 0 saturated heterocycles.